The van der Waals surface area contributed by atoms with E-state index < -0.39 is 17.5 Å². The molecule has 10 heteroatoms. The van der Waals surface area contributed by atoms with Gasteiger partial charge in [-0.25, -0.2) is 13.2 Å². The summed E-state index contributed by atoms with van der Waals surface area (Å²) >= 11 is 0. The third-order valence-electron chi connectivity index (χ3n) is 5.41. The number of hydrogen-bond acceptors (Lipinski definition) is 4. The van der Waals surface area contributed by atoms with Crippen LogP contribution >= 0.6 is 0 Å². The van der Waals surface area contributed by atoms with E-state index in [0.29, 0.717) is 47.8 Å². The van der Waals surface area contributed by atoms with Crippen LogP contribution in [0.4, 0.5) is 18.9 Å². The number of anilines is 1. The van der Waals surface area contributed by atoms with E-state index in [9.17, 15) is 22.8 Å². The number of ether oxygens (including phenoxy) is 1. The molecule has 0 spiro atoms. The van der Waals surface area contributed by atoms with Crippen molar-refractivity contribution in [3.63, 3.8) is 0 Å². The smallest absolute Gasteiger partial charge is 0.254 e. The molecule has 4 rings (SSSR count). The number of amides is 2. The lowest BCUT2D eigenvalue weighted by atomic mass is 9.99. The van der Waals surface area contributed by atoms with Gasteiger partial charge in [0.05, 0.1) is 30.7 Å². The molecule has 0 saturated carbocycles. The van der Waals surface area contributed by atoms with E-state index in [2.05, 4.69) is 10.4 Å². The Labute approximate surface area is 181 Å². The molecular formula is C22H19F3N4O3. The van der Waals surface area contributed by atoms with Crippen LogP contribution in [-0.4, -0.2) is 40.7 Å². The van der Waals surface area contributed by atoms with Gasteiger partial charge in [-0.05, 0) is 36.8 Å². The summed E-state index contributed by atoms with van der Waals surface area (Å²) < 4.78 is 47.6. The fraction of sp³-hybridized carbons (Fsp3) is 0.227. The molecule has 1 aliphatic heterocycles. The average molecular weight is 444 g/mol. The topological polar surface area (TPSA) is 76.5 Å². The van der Waals surface area contributed by atoms with Crippen molar-refractivity contribution >= 4 is 18.0 Å². The molecule has 166 valence electrons. The van der Waals surface area contributed by atoms with Gasteiger partial charge in [0.15, 0.2) is 17.5 Å². The van der Waals surface area contributed by atoms with Crippen molar-refractivity contribution < 1.29 is 27.5 Å². The molecule has 0 aliphatic carbocycles. The van der Waals surface area contributed by atoms with Crippen molar-refractivity contribution in [2.24, 2.45) is 7.05 Å². The molecule has 3 aromatic rings. The summed E-state index contributed by atoms with van der Waals surface area (Å²) in [7, 11) is 3.06. The number of halogens is 3. The minimum absolute atomic E-state index is 0.181. The van der Waals surface area contributed by atoms with Crippen molar-refractivity contribution in [3.05, 3.63) is 64.6 Å². The average Bonchev–Trinajstić information content (AvgIpc) is 3.11. The fourth-order valence-corrected chi connectivity index (χ4v) is 3.94. The number of hydrogen-bond donors (Lipinski definition) is 1. The van der Waals surface area contributed by atoms with Crippen LogP contribution in [0.5, 0.6) is 5.75 Å². The number of methoxy groups -OCH3 is 1. The van der Waals surface area contributed by atoms with Crippen molar-refractivity contribution in [2.45, 2.75) is 13.0 Å². The number of nitrogens with one attached hydrogen (secondary N) is 1. The quantitative estimate of drug-likeness (QED) is 0.484. The zero-order valence-corrected chi connectivity index (χ0v) is 17.3. The second-order valence-electron chi connectivity index (χ2n) is 7.31. The van der Waals surface area contributed by atoms with E-state index in [1.54, 1.807) is 24.1 Å². The number of aromatic nitrogens is 2. The highest BCUT2D eigenvalue weighted by Gasteiger charge is 2.28. The maximum Gasteiger partial charge on any atom is 0.254 e. The minimum Gasteiger partial charge on any atom is -0.495 e. The van der Waals surface area contributed by atoms with E-state index in [-0.39, 0.29) is 18.0 Å². The van der Waals surface area contributed by atoms with Crippen LogP contribution in [0.3, 0.4) is 0 Å². The van der Waals surface area contributed by atoms with Gasteiger partial charge in [0.2, 0.25) is 6.41 Å². The molecule has 1 aliphatic rings. The number of aryl methyl sites for hydroxylation is 1. The first-order valence-corrected chi connectivity index (χ1v) is 9.71. The van der Waals surface area contributed by atoms with Crippen LogP contribution in [0.2, 0.25) is 0 Å². The van der Waals surface area contributed by atoms with Crippen molar-refractivity contribution in [2.75, 3.05) is 19.0 Å². The second-order valence-corrected chi connectivity index (χ2v) is 7.31. The van der Waals surface area contributed by atoms with Gasteiger partial charge in [-0.2, -0.15) is 5.10 Å². The summed E-state index contributed by atoms with van der Waals surface area (Å²) in [5, 5.41) is 6.92. The maximum absolute atomic E-state index is 13.8. The highest BCUT2D eigenvalue weighted by atomic mass is 19.2. The largest absolute Gasteiger partial charge is 0.495 e. The molecule has 0 saturated heterocycles. The molecule has 0 unspecified atom stereocenters. The van der Waals surface area contributed by atoms with Gasteiger partial charge >= 0.3 is 0 Å². The van der Waals surface area contributed by atoms with Gasteiger partial charge in [-0.3, -0.25) is 14.3 Å². The Morgan fingerprint density at radius 3 is 2.56 bits per heavy atom. The highest BCUT2D eigenvalue weighted by Crippen LogP contribution is 2.32. The molecule has 1 aromatic heterocycles. The van der Waals surface area contributed by atoms with E-state index in [1.807, 2.05) is 0 Å². The minimum atomic E-state index is -1.52. The molecule has 1 N–H and O–H groups in total. The lowest BCUT2D eigenvalue weighted by molar-refractivity contribution is -0.105. The van der Waals surface area contributed by atoms with E-state index >= 15 is 0 Å². The summed E-state index contributed by atoms with van der Waals surface area (Å²) in [5.74, 6) is -3.97. The monoisotopic (exact) mass is 444 g/mol. The SMILES string of the molecule is COc1cc(C(=O)N2CCc3c(nn(C)c3-c3cc(F)c(F)c(F)c3)C2)ccc1NC=O. The van der Waals surface area contributed by atoms with E-state index in [4.69, 9.17) is 4.74 Å². The zero-order chi connectivity index (χ0) is 23.0. The molecular weight excluding hydrogens is 425 g/mol. The third-order valence-corrected chi connectivity index (χ3v) is 5.41. The Balaban J connectivity index is 1.62. The Morgan fingerprint density at radius 1 is 1.19 bits per heavy atom. The van der Waals surface area contributed by atoms with Crippen LogP contribution in [-0.2, 0) is 24.8 Å². The first kappa shape index (κ1) is 21.4. The summed E-state index contributed by atoms with van der Waals surface area (Å²) in [6.07, 6.45) is 0.926. The Bertz CT molecular complexity index is 1200. The Kier molecular flexibility index (Phi) is 5.60. The summed E-state index contributed by atoms with van der Waals surface area (Å²) in [5.41, 5.74) is 2.83. The summed E-state index contributed by atoms with van der Waals surface area (Å²) in [6.45, 7) is 0.554. The molecule has 0 bridgehead atoms. The van der Waals surface area contributed by atoms with E-state index in [0.717, 1.165) is 17.7 Å². The normalized spacial score (nSPS) is 13.0. The van der Waals surface area contributed by atoms with Gasteiger partial charge in [0.1, 0.15) is 5.75 Å². The Morgan fingerprint density at radius 2 is 1.91 bits per heavy atom. The van der Waals surface area contributed by atoms with Crippen molar-refractivity contribution in [3.8, 4) is 17.0 Å². The lowest BCUT2D eigenvalue weighted by Crippen LogP contribution is -2.36. The van der Waals surface area contributed by atoms with Gasteiger partial charge in [0.25, 0.3) is 5.91 Å². The van der Waals surface area contributed by atoms with E-state index in [1.165, 1.54) is 17.9 Å². The summed E-state index contributed by atoms with van der Waals surface area (Å²) in [6, 6.07) is 6.58. The first-order chi connectivity index (χ1) is 15.3. The number of carbonyl (C=O) groups excluding carboxylic acids is 2. The van der Waals surface area contributed by atoms with Crippen molar-refractivity contribution in [1.82, 2.24) is 14.7 Å². The van der Waals surface area contributed by atoms with Gasteiger partial charge in [-0.15, -0.1) is 0 Å². The van der Waals surface area contributed by atoms with Crippen LogP contribution in [0, 0.1) is 17.5 Å². The first-order valence-electron chi connectivity index (χ1n) is 9.71. The highest BCUT2D eigenvalue weighted by molar-refractivity contribution is 5.96. The lowest BCUT2D eigenvalue weighted by Gasteiger charge is -2.27. The Hall–Kier alpha value is -3.82. The van der Waals surface area contributed by atoms with Crippen molar-refractivity contribution in [1.29, 1.82) is 0 Å². The maximum atomic E-state index is 13.8. The zero-order valence-electron chi connectivity index (χ0n) is 17.3. The predicted molar refractivity (Wildman–Crippen MR) is 110 cm³/mol. The molecule has 0 atom stereocenters. The second kappa shape index (κ2) is 8.37. The molecule has 2 heterocycles. The fourth-order valence-electron chi connectivity index (χ4n) is 3.94. The predicted octanol–water partition coefficient (Wildman–Crippen LogP) is 3.28. The van der Waals surface area contributed by atoms with Crippen LogP contribution in [0.1, 0.15) is 21.6 Å². The molecule has 32 heavy (non-hydrogen) atoms. The standard InChI is InChI=1S/C22H19F3N4O3/c1-28-21(13-7-15(23)20(25)16(24)8-13)14-5-6-29(10-18(14)27-28)22(31)12-3-4-17(26-11-30)19(9-12)32-2/h3-4,7-9,11H,5-6,10H2,1-2H3,(H,26,30). The van der Waals surface area contributed by atoms with Gasteiger partial charge in [0, 0.05) is 30.3 Å². The van der Waals surface area contributed by atoms with Crippen LogP contribution in [0.25, 0.3) is 11.3 Å². The number of fused-ring (bicyclic) bond motifs is 1. The van der Waals surface area contributed by atoms with Gasteiger partial charge < -0.3 is 15.0 Å². The molecule has 0 fully saturated rings. The summed E-state index contributed by atoms with van der Waals surface area (Å²) in [4.78, 5) is 25.3. The third kappa shape index (κ3) is 3.68. The van der Waals surface area contributed by atoms with Crippen LogP contribution < -0.4 is 10.1 Å². The molecule has 0 radical (unpaired) electrons. The number of benzene rings is 2. The molecule has 7 nitrogen and oxygen atoms in total. The number of nitrogens with zero attached hydrogens (tertiary/aromatic N) is 3. The molecule has 2 aromatic carbocycles. The van der Waals surface area contributed by atoms with Crippen LogP contribution in [0.15, 0.2) is 30.3 Å². The number of carbonyl (C=O) groups is 2. The van der Waals surface area contributed by atoms with Gasteiger partial charge in [-0.1, -0.05) is 0 Å². The molecule has 2 amide bonds. The number of rotatable bonds is 5.